The molecule has 0 aliphatic carbocycles. The second kappa shape index (κ2) is 5.33. The fourth-order valence-electron chi connectivity index (χ4n) is 1.91. The Hall–Kier alpha value is -2.00. The highest BCUT2D eigenvalue weighted by Gasteiger charge is 2.30. The predicted molar refractivity (Wildman–Crippen MR) is 77.2 cm³/mol. The van der Waals surface area contributed by atoms with Gasteiger partial charge in [0.2, 0.25) is 0 Å². The minimum absolute atomic E-state index is 0.165. The maximum Gasteiger partial charge on any atom is 0.416 e. The summed E-state index contributed by atoms with van der Waals surface area (Å²) in [6.07, 6.45) is -2.78. The van der Waals surface area contributed by atoms with E-state index in [-0.39, 0.29) is 5.69 Å². The van der Waals surface area contributed by atoms with Crippen molar-refractivity contribution in [2.45, 2.75) is 16.1 Å². The molecule has 2 heterocycles. The van der Waals surface area contributed by atoms with E-state index in [2.05, 4.69) is 4.98 Å². The molecule has 2 N–H and O–H groups in total. The molecule has 3 aromatic rings. The van der Waals surface area contributed by atoms with E-state index in [1.165, 1.54) is 27.9 Å². The number of alkyl halides is 3. The zero-order valence-corrected chi connectivity index (χ0v) is 12.4. The number of benzene rings is 1. The van der Waals surface area contributed by atoms with Crippen LogP contribution in [-0.2, 0) is 6.18 Å². The second-order valence-corrected chi connectivity index (χ2v) is 6.25. The maximum absolute atomic E-state index is 12.7. The number of halogens is 3. The molecule has 0 atom stereocenters. The summed E-state index contributed by atoms with van der Waals surface area (Å²) in [6.45, 7) is 0. The molecule has 2 aromatic heterocycles. The summed E-state index contributed by atoms with van der Waals surface area (Å²) in [5, 5.41) is 2.03. The van der Waals surface area contributed by atoms with Gasteiger partial charge >= 0.3 is 6.18 Å². The van der Waals surface area contributed by atoms with E-state index in [9.17, 15) is 18.0 Å². The number of rotatable bonds is 3. The highest BCUT2D eigenvalue weighted by atomic mass is 32.2. The van der Waals surface area contributed by atoms with Crippen molar-refractivity contribution in [1.82, 2.24) is 9.38 Å². The number of nitrogens with two attached hydrogens (primary N) is 1. The maximum atomic E-state index is 12.7. The Labute approximate surface area is 130 Å². The number of aromatic nitrogens is 2. The minimum atomic E-state index is -4.42. The molecular formula is C13H8F3N3OS2. The summed E-state index contributed by atoms with van der Waals surface area (Å²) in [5.41, 5.74) is 4.76. The molecule has 9 heteroatoms. The average Bonchev–Trinajstić information content (AvgIpc) is 2.97. The Kier molecular flexibility index (Phi) is 3.61. The van der Waals surface area contributed by atoms with Crippen molar-refractivity contribution < 1.29 is 18.0 Å². The first-order chi connectivity index (χ1) is 10.4. The molecule has 0 spiro atoms. The van der Waals surface area contributed by atoms with Crippen molar-refractivity contribution in [3.05, 3.63) is 47.1 Å². The Bertz CT molecular complexity index is 854. The highest BCUT2D eigenvalue weighted by molar-refractivity contribution is 7.99. The third-order valence-corrected chi connectivity index (χ3v) is 4.56. The number of imidazole rings is 1. The van der Waals surface area contributed by atoms with E-state index < -0.39 is 17.6 Å². The predicted octanol–water partition coefficient (Wildman–Crippen LogP) is 3.66. The summed E-state index contributed by atoms with van der Waals surface area (Å²) in [6, 6.07) is 4.85. The summed E-state index contributed by atoms with van der Waals surface area (Å²) in [4.78, 5) is 16.7. The van der Waals surface area contributed by atoms with Crippen LogP contribution in [0.5, 0.6) is 0 Å². The first-order valence-electron chi connectivity index (χ1n) is 5.97. The van der Waals surface area contributed by atoms with Crippen molar-refractivity contribution in [2.24, 2.45) is 5.73 Å². The van der Waals surface area contributed by atoms with E-state index in [4.69, 9.17) is 5.73 Å². The van der Waals surface area contributed by atoms with Gasteiger partial charge in [0.05, 0.1) is 5.56 Å². The molecule has 1 amide bonds. The van der Waals surface area contributed by atoms with Gasteiger partial charge in [-0.25, -0.2) is 4.98 Å². The quantitative estimate of drug-likeness (QED) is 0.789. The van der Waals surface area contributed by atoms with Gasteiger partial charge in [0.25, 0.3) is 5.91 Å². The normalized spacial score (nSPS) is 12.0. The Morgan fingerprint density at radius 1 is 1.36 bits per heavy atom. The van der Waals surface area contributed by atoms with Gasteiger partial charge in [-0.3, -0.25) is 9.20 Å². The van der Waals surface area contributed by atoms with Gasteiger partial charge in [-0.1, -0.05) is 17.8 Å². The molecule has 1 aromatic carbocycles. The van der Waals surface area contributed by atoms with E-state index >= 15 is 0 Å². The van der Waals surface area contributed by atoms with E-state index in [0.29, 0.717) is 14.9 Å². The van der Waals surface area contributed by atoms with Crippen LogP contribution >= 0.6 is 23.1 Å². The lowest BCUT2D eigenvalue weighted by Gasteiger charge is -2.08. The monoisotopic (exact) mass is 343 g/mol. The zero-order chi connectivity index (χ0) is 15.9. The first kappa shape index (κ1) is 14.9. The third-order valence-electron chi connectivity index (χ3n) is 2.84. The van der Waals surface area contributed by atoms with Crippen molar-refractivity contribution in [2.75, 3.05) is 0 Å². The summed E-state index contributed by atoms with van der Waals surface area (Å²) < 4.78 is 39.7. The number of nitrogens with zero attached hydrogens (tertiary/aromatic N) is 2. The van der Waals surface area contributed by atoms with E-state index in [1.807, 2.05) is 0 Å². The molecule has 3 rings (SSSR count). The topological polar surface area (TPSA) is 60.4 Å². The zero-order valence-electron chi connectivity index (χ0n) is 10.8. The number of fused-ring (bicyclic) bond motifs is 1. The van der Waals surface area contributed by atoms with Crippen molar-refractivity contribution >= 4 is 34.0 Å². The lowest BCUT2D eigenvalue weighted by molar-refractivity contribution is -0.137. The van der Waals surface area contributed by atoms with Crippen LogP contribution in [0, 0.1) is 0 Å². The lowest BCUT2D eigenvalue weighted by Crippen LogP contribution is -2.14. The number of hydrogen-bond donors (Lipinski definition) is 1. The summed E-state index contributed by atoms with van der Waals surface area (Å²) in [7, 11) is 0. The molecule has 0 bridgehead atoms. The Morgan fingerprint density at radius 3 is 2.82 bits per heavy atom. The lowest BCUT2D eigenvalue weighted by atomic mass is 10.2. The van der Waals surface area contributed by atoms with Gasteiger partial charge in [-0.15, -0.1) is 11.3 Å². The molecule has 0 unspecified atom stereocenters. The second-order valence-electron chi connectivity index (χ2n) is 4.31. The van der Waals surface area contributed by atoms with Gasteiger partial charge in [0, 0.05) is 16.5 Å². The number of amides is 1. The fourth-order valence-corrected chi connectivity index (χ4v) is 3.66. The summed E-state index contributed by atoms with van der Waals surface area (Å²) >= 11 is 2.29. The molecule has 0 saturated carbocycles. The molecule has 114 valence electrons. The Balaban J connectivity index is 2.02. The molecule has 22 heavy (non-hydrogen) atoms. The van der Waals surface area contributed by atoms with Gasteiger partial charge in [-0.2, -0.15) is 13.2 Å². The number of thiazole rings is 1. The Morgan fingerprint density at radius 2 is 2.14 bits per heavy atom. The highest BCUT2D eigenvalue weighted by Crippen LogP contribution is 2.35. The SMILES string of the molecule is NC(=O)c1c(Sc2cccc(C(F)(F)F)c2)nc2sccn12. The van der Waals surface area contributed by atoms with E-state index in [1.54, 1.807) is 11.6 Å². The van der Waals surface area contributed by atoms with E-state index in [0.717, 1.165) is 23.9 Å². The summed E-state index contributed by atoms with van der Waals surface area (Å²) in [5.74, 6) is -0.680. The third kappa shape index (κ3) is 2.69. The first-order valence-corrected chi connectivity index (χ1v) is 7.66. The van der Waals surface area contributed by atoms with Crippen molar-refractivity contribution in [3.8, 4) is 0 Å². The van der Waals surface area contributed by atoms with Crippen LogP contribution in [0.25, 0.3) is 4.96 Å². The van der Waals surface area contributed by atoms with Crippen LogP contribution < -0.4 is 5.73 Å². The smallest absolute Gasteiger partial charge is 0.364 e. The molecule has 0 aliphatic heterocycles. The number of carbonyl (C=O) groups excluding carboxylic acids is 1. The average molecular weight is 343 g/mol. The van der Waals surface area contributed by atoms with Gasteiger partial charge in [-0.05, 0) is 18.2 Å². The minimum Gasteiger partial charge on any atom is -0.364 e. The standard InChI is InChI=1S/C13H8F3N3OS2/c14-13(15,16)7-2-1-3-8(6-7)22-11-9(10(17)20)19-4-5-21-12(19)18-11/h1-6H,(H2,17,20). The molecule has 0 fully saturated rings. The fraction of sp³-hybridized carbons (Fsp3) is 0.0769. The molecule has 0 radical (unpaired) electrons. The van der Waals surface area contributed by atoms with Gasteiger partial charge < -0.3 is 5.73 Å². The number of primary amides is 1. The van der Waals surface area contributed by atoms with Crippen LogP contribution in [0.1, 0.15) is 16.1 Å². The molecular weight excluding hydrogens is 335 g/mol. The van der Waals surface area contributed by atoms with Crippen LogP contribution in [0.4, 0.5) is 13.2 Å². The van der Waals surface area contributed by atoms with Crippen molar-refractivity contribution in [3.63, 3.8) is 0 Å². The van der Waals surface area contributed by atoms with Crippen LogP contribution in [0.2, 0.25) is 0 Å². The number of hydrogen-bond acceptors (Lipinski definition) is 4. The van der Waals surface area contributed by atoms with Crippen LogP contribution in [-0.4, -0.2) is 15.3 Å². The largest absolute Gasteiger partial charge is 0.416 e. The van der Waals surface area contributed by atoms with Crippen LogP contribution in [0.3, 0.4) is 0 Å². The number of carbonyl (C=O) groups is 1. The van der Waals surface area contributed by atoms with Crippen molar-refractivity contribution in [1.29, 1.82) is 0 Å². The van der Waals surface area contributed by atoms with Gasteiger partial charge in [0.15, 0.2) is 4.96 Å². The van der Waals surface area contributed by atoms with Crippen LogP contribution in [0.15, 0.2) is 45.8 Å². The molecule has 0 aliphatic rings. The molecule has 4 nitrogen and oxygen atoms in total. The molecule has 0 saturated heterocycles. The van der Waals surface area contributed by atoms with Gasteiger partial charge in [0.1, 0.15) is 10.7 Å².